The molecule has 1 aromatic rings. The fraction of sp³-hybridized carbons (Fsp3) is 0.550. The molecule has 2 rings (SSSR count). The highest BCUT2D eigenvalue weighted by Gasteiger charge is 2.40. The highest BCUT2D eigenvalue weighted by atomic mass is 28.4. The molecule has 7 heteroatoms. The van der Waals surface area contributed by atoms with Crippen LogP contribution >= 0.6 is 0 Å². The summed E-state index contributed by atoms with van der Waals surface area (Å²) in [6.07, 6.45) is 0.718. The van der Waals surface area contributed by atoms with Crippen molar-refractivity contribution in [1.82, 2.24) is 4.90 Å². The molecule has 1 atom stereocenters. The molecule has 150 valence electrons. The molecule has 3 N–H and O–H groups in total. The van der Waals surface area contributed by atoms with Gasteiger partial charge in [-0.1, -0.05) is 32.9 Å². The number of rotatable bonds is 5. The van der Waals surface area contributed by atoms with Gasteiger partial charge in [-0.05, 0) is 30.6 Å². The number of phenols is 1. The van der Waals surface area contributed by atoms with Crippen molar-refractivity contribution in [3.05, 3.63) is 29.8 Å². The number of benzene rings is 1. The van der Waals surface area contributed by atoms with E-state index >= 15 is 0 Å². The first-order valence-electron chi connectivity index (χ1n) is 9.15. The van der Waals surface area contributed by atoms with Gasteiger partial charge in [-0.2, -0.15) is 0 Å². The van der Waals surface area contributed by atoms with Crippen molar-refractivity contribution in [3.8, 4) is 11.5 Å². The van der Waals surface area contributed by atoms with Gasteiger partial charge in [0.15, 0.2) is 19.8 Å². The van der Waals surface area contributed by atoms with Gasteiger partial charge in [0.05, 0.1) is 25.3 Å². The summed E-state index contributed by atoms with van der Waals surface area (Å²) in [6.45, 7) is 16.0. The van der Waals surface area contributed by atoms with Crippen molar-refractivity contribution in [2.75, 3.05) is 26.0 Å². The van der Waals surface area contributed by atoms with E-state index in [2.05, 4.69) is 40.4 Å². The number of anilines is 1. The lowest BCUT2D eigenvalue weighted by Gasteiger charge is -2.38. The molecule has 0 spiro atoms. The van der Waals surface area contributed by atoms with Crippen molar-refractivity contribution in [1.29, 1.82) is 0 Å². The molecular formula is C20H32N2O4Si. The van der Waals surface area contributed by atoms with Gasteiger partial charge in [-0.3, -0.25) is 4.79 Å². The van der Waals surface area contributed by atoms with Gasteiger partial charge in [0.25, 0.3) is 5.91 Å². The highest BCUT2D eigenvalue weighted by molar-refractivity contribution is 6.74. The zero-order valence-corrected chi connectivity index (χ0v) is 18.3. The fourth-order valence-corrected chi connectivity index (χ4v) is 3.92. The van der Waals surface area contributed by atoms with Crippen LogP contribution in [0.25, 0.3) is 0 Å². The minimum Gasteiger partial charge on any atom is -0.504 e. The molecule has 6 nitrogen and oxygen atoms in total. The van der Waals surface area contributed by atoms with E-state index in [4.69, 9.17) is 14.9 Å². The Morgan fingerprint density at radius 1 is 1.41 bits per heavy atom. The number of hydrogen-bond acceptors (Lipinski definition) is 5. The number of carbonyl (C=O) groups is 1. The largest absolute Gasteiger partial charge is 0.504 e. The number of methoxy groups -OCH3 is 1. The van der Waals surface area contributed by atoms with Crippen LogP contribution in [0.2, 0.25) is 18.1 Å². The van der Waals surface area contributed by atoms with E-state index in [1.54, 1.807) is 4.90 Å². The number of phenolic OH excluding ortho intramolecular Hbond substituents is 1. The van der Waals surface area contributed by atoms with E-state index in [9.17, 15) is 9.90 Å². The molecule has 1 aliphatic rings. The third-order valence-electron chi connectivity index (χ3n) is 5.64. The molecule has 0 aliphatic carbocycles. The average molecular weight is 393 g/mol. The summed E-state index contributed by atoms with van der Waals surface area (Å²) >= 11 is 0. The number of nitrogens with two attached hydrogens (primary N) is 1. The molecule has 0 aromatic heterocycles. The summed E-state index contributed by atoms with van der Waals surface area (Å²) in [5, 5.41) is 9.95. The molecule has 27 heavy (non-hydrogen) atoms. The van der Waals surface area contributed by atoms with E-state index in [0.29, 0.717) is 18.7 Å². The van der Waals surface area contributed by atoms with Gasteiger partial charge in [0.2, 0.25) is 0 Å². The Kier molecular flexibility index (Phi) is 5.96. The average Bonchev–Trinajstić information content (AvgIpc) is 2.92. The van der Waals surface area contributed by atoms with E-state index in [1.165, 1.54) is 19.2 Å². The summed E-state index contributed by atoms with van der Waals surface area (Å²) in [7, 11) is -0.479. The van der Waals surface area contributed by atoms with Gasteiger partial charge in [-0.25, -0.2) is 0 Å². The third kappa shape index (κ3) is 4.47. The first-order valence-corrected chi connectivity index (χ1v) is 12.1. The van der Waals surface area contributed by atoms with Crippen molar-refractivity contribution >= 4 is 19.9 Å². The second-order valence-corrected chi connectivity index (χ2v) is 13.5. The molecule has 1 heterocycles. The van der Waals surface area contributed by atoms with Crippen LogP contribution in [0, 0.1) is 0 Å². The van der Waals surface area contributed by atoms with E-state index in [0.717, 1.165) is 12.0 Å². The zero-order chi connectivity index (χ0) is 20.6. The first kappa shape index (κ1) is 21.3. The Hall–Kier alpha value is -1.99. The number of nitrogen functional groups attached to an aromatic ring is 1. The minimum absolute atomic E-state index is 0.0710. The number of hydrogen-bond donors (Lipinski definition) is 2. The highest BCUT2D eigenvalue weighted by Crippen LogP contribution is 2.38. The SMILES string of the molecule is C=C1C[C@@H](CO[Si](C)(C)C(C)(C)C)N(C(=O)c2cc(OC)c(O)cc2N)C1. The van der Waals surface area contributed by atoms with Gasteiger partial charge in [0, 0.05) is 18.3 Å². The van der Waals surface area contributed by atoms with Crippen LogP contribution in [0.1, 0.15) is 37.6 Å². The summed E-state index contributed by atoms with van der Waals surface area (Å²) in [5.74, 6) is -0.0666. The van der Waals surface area contributed by atoms with E-state index in [-0.39, 0.29) is 34.2 Å². The lowest BCUT2D eigenvalue weighted by Crippen LogP contribution is -2.46. The van der Waals surface area contributed by atoms with Crippen LogP contribution < -0.4 is 10.5 Å². The normalized spacial score (nSPS) is 18.1. The molecule has 1 saturated heterocycles. The molecule has 0 radical (unpaired) electrons. The number of amides is 1. The Balaban J connectivity index is 2.23. The fourth-order valence-electron chi connectivity index (χ4n) is 2.87. The van der Waals surface area contributed by atoms with Crippen molar-refractivity contribution < 1.29 is 19.1 Å². The van der Waals surface area contributed by atoms with Crippen LogP contribution in [0.4, 0.5) is 5.69 Å². The molecule has 1 amide bonds. The second kappa shape index (κ2) is 7.56. The molecule has 0 saturated carbocycles. The Labute approximate surface area is 163 Å². The maximum atomic E-state index is 13.1. The number of nitrogens with zero attached hydrogens (tertiary/aromatic N) is 1. The number of likely N-dealkylation sites (tertiary alicyclic amines) is 1. The lowest BCUT2D eigenvalue weighted by molar-refractivity contribution is 0.0686. The van der Waals surface area contributed by atoms with E-state index in [1.807, 2.05) is 0 Å². The maximum Gasteiger partial charge on any atom is 0.256 e. The van der Waals surface area contributed by atoms with Crippen molar-refractivity contribution in [2.24, 2.45) is 0 Å². The molecular weight excluding hydrogens is 360 g/mol. The molecule has 1 aromatic carbocycles. The quantitative estimate of drug-likeness (QED) is 0.452. The predicted octanol–water partition coefficient (Wildman–Crippen LogP) is 3.78. The Morgan fingerprint density at radius 3 is 2.59 bits per heavy atom. The van der Waals surface area contributed by atoms with Crippen molar-refractivity contribution in [3.63, 3.8) is 0 Å². The molecule has 1 fully saturated rings. The molecule has 0 bridgehead atoms. The van der Waals surface area contributed by atoms with Crippen LogP contribution in [-0.2, 0) is 4.43 Å². The van der Waals surface area contributed by atoms with Crippen molar-refractivity contribution in [2.45, 2.75) is 51.4 Å². The number of ether oxygens (including phenoxy) is 1. The van der Waals surface area contributed by atoms with Gasteiger partial charge in [-0.15, -0.1) is 0 Å². The minimum atomic E-state index is -1.92. The summed E-state index contributed by atoms with van der Waals surface area (Å²) in [5.41, 5.74) is 7.52. The monoisotopic (exact) mass is 392 g/mol. The first-order chi connectivity index (χ1) is 12.4. The van der Waals surface area contributed by atoms with Gasteiger partial charge in [0.1, 0.15) is 0 Å². The third-order valence-corrected chi connectivity index (χ3v) is 10.1. The molecule has 1 aliphatic heterocycles. The Bertz CT molecular complexity index is 740. The van der Waals surface area contributed by atoms with E-state index < -0.39 is 8.32 Å². The number of carbonyl (C=O) groups excluding carboxylic acids is 1. The Morgan fingerprint density at radius 2 is 2.04 bits per heavy atom. The van der Waals surface area contributed by atoms with Crippen LogP contribution in [0.5, 0.6) is 11.5 Å². The van der Waals surface area contributed by atoms with Crippen LogP contribution in [-0.4, -0.2) is 50.5 Å². The maximum absolute atomic E-state index is 13.1. The molecule has 0 unspecified atom stereocenters. The topological polar surface area (TPSA) is 85.0 Å². The van der Waals surface area contributed by atoms with Crippen LogP contribution in [0.15, 0.2) is 24.3 Å². The summed E-state index contributed by atoms with van der Waals surface area (Å²) < 4.78 is 11.5. The lowest BCUT2D eigenvalue weighted by atomic mass is 10.1. The number of aromatic hydroxyl groups is 1. The van der Waals surface area contributed by atoms with Crippen LogP contribution in [0.3, 0.4) is 0 Å². The predicted molar refractivity (Wildman–Crippen MR) is 111 cm³/mol. The summed E-state index contributed by atoms with van der Waals surface area (Å²) in [4.78, 5) is 14.9. The van der Waals surface area contributed by atoms with Gasteiger partial charge >= 0.3 is 0 Å². The smallest absolute Gasteiger partial charge is 0.256 e. The standard InChI is InChI=1S/C20H32N2O4Si/c1-13-8-14(12-26-27(6,7)20(2,3)4)22(11-13)19(24)15-9-18(25-5)17(23)10-16(15)21/h9-10,14,23H,1,8,11-12,21H2,2-7H3/t14-/m0/s1. The summed E-state index contributed by atoms with van der Waals surface area (Å²) in [6, 6.07) is 2.76. The van der Waals surface area contributed by atoms with Gasteiger partial charge < -0.3 is 24.9 Å². The zero-order valence-electron chi connectivity index (χ0n) is 17.3. The second-order valence-electron chi connectivity index (χ2n) is 8.72.